The number of rotatable bonds is 4. The fraction of sp³-hybridized carbons (Fsp3) is 0.136. The number of benzene rings is 3. The molecule has 0 aromatic heterocycles. The summed E-state index contributed by atoms with van der Waals surface area (Å²) in [5.41, 5.74) is 0.500. The summed E-state index contributed by atoms with van der Waals surface area (Å²) >= 11 is 5.86. The van der Waals surface area contributed by atoms with E-state index < -0.39 is 17.8 Å². The fourth-order valence-electron chi connectivity index (χ4n) is 3.27. The van der Waals surface area contributed by atoms with E-state index in [0.29, 0.717) is 34.3 Å². The molecule has 0 bridgehead atoms. The maximum Gasteiger partial charge on any atom is 0.416 e. The van der Waals surface area contributed by atoms with Crippen molar-refractivity contribution in [3.05, 3.63) is 88.9 Å². The molecule has 3 aromatic rings. The van der Waals surface area contributed by atoms with Gasteiger partial charge in [0.05, 0.1) is 11.6 Å². The Balaban J connectivity index is 1.54. The summed E-state index contributed by atoms with van der Waals surface area (Å²) in [4.78, 5) is 13.9. The van der Waals surface area contributed by atoms with Crippen LogP contribution in [0, 0.1) is 0 Å². The number of urea groups is 1. The molecule has 154 valence electrons. The lowest BCUT2D eigenvalue weighted by Gasteiger charge is -2.24. The van der Waals surface area contributed by atoms with Gasteiger partial charge in [0.2, 0.25) is 0 Å². The largest absolute Gasteiger partial charge is 0.457 e. The monoisotopic (exact) mass is 432 g/mol. The minimum Gasteiger partial charge on any atom is -0.457 e. The normalized spacial score (nSPS) is 16.5. The van der Waals surface area contributed by atoms with E-state index in [1.807, 2.05) is 0 Å². The average Bonchev–Trinajstić information content (AvgIpc) is 3.11. The Morgan fingerprint density at radius 3 is 2.03 bits per heavy atom. The molecule has 2 amide bonds. The van der Waals surface area contributed by atoms with E-state index in [0.717, 1.165) is 12.1 Å². The number of carbonyl (C=O) groups is 1. The summed E-state index contributed by atoms with van der Waals surface area (Å²) in [7, 11) is 0. The van der Waals surface area contributed by atoms with E-state index in [-0.39, 0.29) is 6.03 Å². The van der Waals surface area contributed by atoms with Crippen molar-refractivity contribution < 1.29 is 22.7 Å². The van der Waals surface area contributed by atoms with Gasteiger partial charge in [-0.05, 0) is 66.2 Å². The Morgan fingerprint density at radius 2 is 1.47 bits per heavy atom. The number of nitrogens with zero attached hydrogens (tertiary/aromatic N) is 1. The summed E-state index contributed by atoms with van der Waals surface area (Å²) in [6.07, 6.45) is -4.40. The van der Waals surface area contributed by atoms with E-state index in [1.54, 1.807) is 48.5 Å². The number of nitrogens with one attached hydrogen (secondary N) is 1. The van der Waals surface area contributed by atoms with Crippen LogP contribution in [0.25, 0.3) is 0 Å². The molecule has 4 rings (SSSR count). The molecule has 1 heterocycles. The summed E-state index contributed by atoms with van der Waals surface area (Å²) in [5.74, 6) is 1.19. The first kappa shape index (κ1) is 20.1. The van der Waals surface area contributed by atoms with E-state index in [9.17, 15) is 18.0 Å². The standard InChI is InChI=1S/C22H16ClF3N2O2/c23-16-5-9-18(10-6-16)30-19-11-7-17(8-12-19)28-20(13-27-21(28)29)14-1-3-15(4-2-14)22(24,25)26/h1-12,20H,13H2,(H,27,29). The first-order valence-electron chi connectivity index (χ1n) is 9.09. The third-order valence-corrected chi connectivity index (χ3v) is 5.02. The lowest BCUT2D eigenvalue weighted by Crippen LogP contribution is -2.29. The maximum absolute atomic E-state index is 12.8. The molecular weight excluding hydrogens is 417 g/mol. The molecule has 3 aromatic carbocycles. The molecule has 8 heteroatoms. The van der Waals surface area contributed by atoms with Crippen LogP contribution in [0.2, 0.25) is 5.02 Å². The number of halogens is 4. The van der Waals surface area contributed by atoms with Crippen LogP contribution < -0.4 is 15.0 Å². The van der Waals surface area contributed by atoms with E-state index >= 15 is 0 Å². The van der Waals surface area contributed by atoms with Crippen molar-refractivity contribution >= 4 is 23.3 Å². The van der Waals surface area contributed by atoms with Gasteiger partial charge in [0.15, 0.2) is 0 Å². The summed E-state index contributed by atoms with van der Waals surface area (Å²) in [5, 5.41) is 3.35. The van der Waals surface area contributed by atoms with Crippen molar-refractivity contribution in [3.8, 4) is 11.5 Å². The lowest BCUT2D eigenvalue weighted by molar-refractivity contribution is -0.137. The van der Waals surface area contributed by atoms with Gasteiger partial charge in [-0.2, -0.15) is 13.2 Å². The highest BCUT2D eigenvalue weighted by atomic mass is 35.5. The minimum atomic E-state index is -4.40. The van der Waals surface area contributed by atoms with Crippen molar-refractivity contribution in [1.29, 1.82) is 0 Å². The molecule has 1 aliphatic rings. The van der Waals surface area contributed by atoms with Gasteiger partial charge in [-0.25, -0.2) is 4.79 Å². The second kappa shape index (κ2) is 7.91. The number of hydrogen-bond acceptors (Lipinski definition) is 2. The highest BCUT2D eigenvalue weighted by molar-refractivity contribution is 6.30. The van der Waals surface area contributed by atoms with Crippen molar-refractivity contribution in [2.24, 2.45) is 0 Å². The Bertz CT molecular complexity index is 1040. The third-order valence-electron chi connectivity index (χ3n) is 4.76. The van der Waals surface area contributed by atoms with Gasteiger partial charge in [-0.15, -0.1) is 0 Å². The summed E-state index contributed by atoms with van der Waals surface area (Å²) in [6.45, 7) is 0.299. The third kappa shape index (κ3) is 4.21. The minimum absolute atomic E-state index is 0.299. The van der Waals surface area contributed by atoms with E-state index in [4.69, 9.17) is 16.3 Å². The summed E-state index contributed by atoms with van der Waals surface area (Å²) < 4.78 is 44.2. The number of anilines is 1. The molecule has 1 atom stereocenters. The van der Waals surface area contributed by atoms with Crippen LogP contribution in [0.4, 0.5) is 23.7 Å². The molecule has 0 radical (unpaired) electrons. The fourth-order valence-corrected chi connectivity index (χ4v) is 3.40. The van der Waals surface area contributed by atoms with Gasteiger partial charge < -0.3 is 10.1 Å². The highest BCUT2D eigenvalue weighted by Gasteiger charge is 2.34. The SMILES string of the molecule is O=C1NCC(c2ccc(C(F)(F)F)cc2)N1c1ccc(Oc2ccc(Cl)cc2)cc1. The van der Waals surface area contributed by atoms with Crippen molar-refractivity contribution in [2.75, 3.05) is 11.4 Å². The quantitative estimate of drug-likeness (QED) is 0.516. The zero-order valence-corrected chi connectivity index (χ0v) is 16.2. The van der Waals surface area contributed by atoms with Crippen molar-refractivity contribution in [2.45, 2.75) is 12.2 Å². The Kier molecular flexibility index (Phi) is 5.30. The number of carbonyl (C=O) groups excluding carboxylic acids is 1. The van der Waals surface area contributed by atoms with Crippen molar-refractivity contribution in [1.82, 2.24) is 5.32 Å². The molecule has 0 saturated carbocycles. The molecule has 4 nitrogen and oxygen atoms in total. The average molecular weight is 433 g/mol. The first-order valence-corrected chi connectivity index (χ1v) is 9.47. The number of alkyl halides is 3. The van der Waals surface area contributed by atoms with Crippen LogP contribution in [0.5, 0.6) is 11.5 Å². The van der Waals surface area contributed by atoms with Gasteiger partial charge in [0.1, 0.15) is 11.5 Å². The number of ether oxygens (including phenoxy) is 1. The first-order chi connectivity index (χ1) is 14.3. The second-order valence-electron chi connectivity index (χ2n) is 6.74. The molecule has 0 spiro atoms. The summed E-state index contributed by atoms with van der Waals surface area (Å²) in [6, 6.07) is 17.9. The zero-order chi connectivity index (χ0) is 21.3. The van der Waals surface area contributed by atoms with Crippen LogP contribution in [-0.2, 0) is 6.18 Å². The molecule has 1 unspecified atom stereocenters. The van der Waals surface area contributed by atoms with Crippen LogP contribution >= 0.6 is 11.6 Å². The zero-order valence-electron chi connectivity index (χ0n) is 15.5. The Hall–Kier alpha value is -3.19. The van der Waals surface area contributed by atoms with Crippen LogP contribution in [0.15, 0.2) is 72.8 Å². The number of amides is 2. The van der Waals surface area contributed by atoms with E-state index in [1.165, 1.54) is 17.0 Å². The molecular formula is C22H16ClF3N2O2. The lowest BCUT2D eigenvalue weighted by atomic mass is 10.0. The predicted octanol–water partition coefficient (Wildman–Crippen LogP) is 6.42. The predicted molar refractivity (Wildman–Crippen MR) is 108 cm³/mol. The molecule has 30 heavy (non-hydrogen) atoms. The van der Waals surface area contributed by atoms with Crippen LogP contribution in [0.1, 0.15) is 17.2 Å². The van der Waals surface area contributed by atoms with Gasteiger partial charge in [0.25, 0.3) is 0 Å². The topological polar surface area (TPSA) is 41.6 Å². The maximum atomic E-state index is 12.8. The highest BCUT2D eigenvalue weighted by Crippen LogP contribution is 2.35. The van der Waals surface area contributed by atoms with Crippen molar-refractivity contribution in [3.63, 3.8) is 0 Å². The second-order valence-corrected chi connectivity index (χ2v) is 7.18. The Morgan fingerprint density at radius 1 is 0.900 bits per heavy atom. The smallest absolute Gasteiger partial charge is 0.416 e. The number of hydrogen-bond donors (Lipinski definition) is 1. The van der Waals surface area contributed by atoms with Gasteiger partial charge >= 0.3 is 12.2 Å². The van der Waals surface area contributed by atoms with E-state index in [2.05, 4.69) is 5.32 Å². The van der Waals surface area contributed by atoms with Gasteiger partial charge in [-0.1, -0.05) is 23.7 Å². The molecule has 1 N–H and O–H groups in total. The molecule has 1 fully saturated rings. The molecule has 1 saturated heterocycles. The van der Waals surface area contributed by atoms with Gasteiger partial charge in [0, 0.05) is 17.3 Å². The molecule has 0 aliphatic carbocycles. The molecule has 1 aliphatic heterocycles. The Labute approximate surface area is 175 Å². The van der Waals surface area contributed by atoms with Gasteiger partial charge in [-0.3, -0.25) is 4.90 Å². The van der Waals surface area contributed by atoms with Crippen LogP contribution in [0.3, 0.4) is 0 Å². The van der Waals surface area contributed by atoms with Crippen LogP contribution in [-0.4, -0.2) is 12.6 Å².